The molecule has 2 aromatic rings. The Morgan fingerprint density at radius 2 is 1.88 bits per heavy atom. The number of nitrogens with zero attached hydrogens (tertiary/aromatic N) is 2. The molecule has 3 rings (SSSR count). The lowest BCUT2D eigenvalue weighted by molar-refractivity contribution is 0.102. The number of amidine groups is 1. The fourth-order valence-corrected chi connectivity index (χ4v) is 2.99. The van der Waals surface area contributed by atoms with E-state index in [2.05, 4.69) is 17.3 Å². The van der Waals surface area contributed by atoms with Crippen LogP contribution in [0.5, 0.6) is 0 Å². The molecule has 0 aliphatic carbocycles. The van der Waals surface area contributed by atoms with Crippen molar-refractivity contribution in [3.8, 4) is 0 Å². The van der Waals surface area contributed by atoms with Crippen molar-refractivity contribution in [2.45, 2.75) is 26.2 Å². The Balaban J connectivity index is 1.92. The zero-order valence-electron chi connectivity index (χ0n) is 14.2. The molecule has 0 bridgehead atoms. The van der Waals surface area contributed by atoms with Gasteiger partial charge in [0.2, 0.25) is 0 Å². The molecule has 0 atom stereocenters. The number of benzene rings is 2. The number of piperidine rings is 1. The van der Waals surface area contributed by atoms with Crippen LogP contribution in [0.4, 0.5) is 11.4 Å². The molecule has 0 saturated carbocycles. The molecule has 0 aromatic heterocycles. The van der Waals surface area contributed by atoms with Crippen LogP contribution in [-0.2, 0) is 0 Å². The third-order valence-corrected chi connectivity index (χ3v) is 4.34. The second-order valence-corrected chi connectivity index (χ2v) is 6.20. The van der Waals surface area contributed by atoms with Gasteiger partial charge in [0.25, 0.3) is 5.91 Å². The van der Waals surface area contributed by atoms with Gasteiger partial charge in [-0.25, -0.2) is 4.99 Å². The van der Waals surface area contributed by atoms with Crippen molar-refractivity contribution in [1.82, 2.24) is 4.90 Å². The van der Waals surface area contributed by atoms with E-state index in [1.807, 2.05) is 55.5 Å². The van der Waals surface area contributed by atoms with Crippen molar-refractivity contribution in [3.05, 3.63) is 59.7 Å². The molecular weight excluding hydrogens is 298 g/mol. The molecule has 1 aliphatic heterocycles. The van der Waals surface area contributed by atoms with Crippen LogP contribution in [0.2, 0.25) is 0 Å². The topological polar surface area (TPSA) is 44.7 Å². The van der Waals surface area contributed by atoms with Gasteiger partial charge >= 0.3 is 0 Å². The summed E-state index contributed by atoms with van der Waals surface area (Å²) in [5, 5.41) is 2.97. The van der Waals surface area contributed by atoms with E-state index < -0.39 is 0 Å². The smallest absolute Gasteiger partial charge is 0.258 e. The summed E-state index contributed by atoms with van der Waals surface area (Å²) in [7, 11) is 2.07. The zero-order valence-corrected chi connectivity index (χ0v) is 14.2. The van der Waals surface area contributed by atoms with Gasteiger partial charge in [-0.2, -0.15) is 0 Å². The third kappa shape index (κ3) is 3.65. The van der Waals surface area contributed by atoms with E-state index in [4.69, 9.17) is 4.99 Å². The highest BCUT2D eigenvalue weighted by Gasteiger charge is 2.17. The molecule has 1 N–H and O–H groups in total. The minimum Gasteiger partial charge on any atom is -0.363 e. The average molecular weight is 321 g/mol. The fraction of sp³-hybridized carbons (Fsp3) is 0.300. The predicted octanol–water partition coefficient (Wildman–Crippen LogP) is 4.39. The maximum Gasteiger partial charge on any atom is 0.258 e. The van der Waals surface area contributed by atoms with Crippen molar-refractivity contribution < 1.29 is 4.79 Å². The molecule has 1 fully saturated rings. The second-order valence-electron chi connectivity index (χ2n) is 6.20. The molecule has 1 heterocycles. The molecule has 4 nitrogen and oxygen atoms in total. The summed E-state index contributed by atoms with van der Waals surface area (Å²) >= 11 is 0. The number of anilines is 1. The lowest BCUT2D eigenvalue weighted by atomic mass is 10.1. The van der Waals surface area contributed by atoms with Crippen LogP contribution in [0.15, 0.2) is 53.5 Å². The predicted molar refractivity (Wildman–Crippen MR) is 99.2 cm³/mol. The van der Waals surface area contributed by atoms with E-state index >= 15 is 0 Å². The summed E-state index contributed by atoms with van der Waals surface area (Å²) in [4.78, 5) is 19.8. The molecule has 1 aliphatic rings. The number of para-hydroxylation sites is 1. The summed E-state index contributed by atoms with van der Waals surface area (Å²) in [5.74, 6) is 0.942. The molecule has 124 valence electrons. The summed E-state index contributed by atoms with van der Waals surface area (Å²) in [6.45, 7) is 2.98. The highest BCUT2D eigenvalue weighted by molar-refractivity contribution is 6.09. The molecular formula is C20H23N3O. The second kappa shape index (κ2) is 7.30. The first-order valence-electron chi connectivity index (χ1n) is 8.40. The number of carbonyl (C=O) groups is 1. The number of likely N-dealkylation sites (tertiary alicyclic amines) is 1. The van der Waals surface area contributed by atoms with Crippen LogP contribution < -0.4 is 5.32 Å². The molecule has 4 heteroatoms. The number of aryl methyl sites for hydroxylation is 1. The van der Waals surface area contributed by atoms with Crippen molar-refractivity contribution in [2.75, 3.05) is 18.9 Å². The van der Waals surface area contributed by atoms with Crippen molar-refractivity contribution in [3.63, 3.8) is 0 Å². The molecule has 2 aromatic carbocycles. The first-order chi connectivity index (χ1) is 11.6. The average Bonchev–Trinajstić information content (AvgIpc) is 2.58. The van der Waals surface area contributed by atoms with E-state index in [1.54, 1.807) is 0 Å². The molecule has 1 saturated heterocycles. The minimum absolute atomic E-state index is 0.114. The number of nitrogens with one attached hydrogen (secondary N) is 1. The lowest BCUT2D eigenvalue weighted by Gasteiger charge is -2.26. The Bertz CT molecular complexity index is 753. The van der Waals surface area contributed by atoms with Gasteiger partial charge in [0.1, 0.15) is 5.84 Å². The van der Waals surface area contributed by atoms with E-state index in [1.165, 1.54) is 6.42 Å². The van der Waals surface area contributed by atoms with Crippen molar-refractivity contribution >= 4 is 23.1 Å². The number of hydrogen-bond donors (Lipinski definition) is 1. The SMILES string of the molecule is Cc1cccc(N=C2CCCCN2C)c1C(=O)Nc1ccccc1. The van der Waals surface area contributed by atoms with E-state index in [0.717, 1.165) is 42.2 Å². The molecule has 1 amide bonds. The number of rotatable bonds is 3. The van der Waals surface area contributed by atoms with E-state index in [0.29, 0.717) is 5.56 Å². The summed E-state index contributed by atoms with van der Waals surface area (Å²) in [5.41, 5.74) is 3.11. The quantitative estimate of drug-likeness (QED) is 0.911. The standard InChI is InChI=1S/C20H23N3O/c1-15-9-8-12-17(22-18-13-6-7-14-23(18)2)19(15)20(24)21-16-10-4-3-5-11-16/h3-5,8-12H,6-7,13-14H2,1-2H3,(H,21,24). The maximum absolute atomic E-state index is 12.8. The largest absolute Gasteiger partial charge is 0.363 e. The molecule has 24 heavy (non-hydrogen) atoms. The Kier molecular flexibility index (Phi) is 4.94. The third-order valence-electron chi connectivity index (χ3n) is 4.34. The van der Waals surface area contributed by atoms with Crippen LogP contribution in [0.3, 0.4) is 0 Å². The van der Waals surface area contributed by atoms with Crippen LogP contribution in [-0.4, -0.2) is 30.2 Å². The van der Waals surface area contributed by atoms with E-state index in [-0.39, 0.29) is 5.91 Å². The Hall–Kier alpha value is -2.62. The monoisotopic (exact) mass is 321 g/mol. The molecule has 0 radical (unpaired) electrons. The van der Waals surface area contributed by atoms with Crippen LogP contribution in [0.25, 0.3) is 0 Å². The van der Waals surface area contributed by atoms with Crippen LogP contribution in [0, 0.1) is 6.92 Å². The Morgan fingerprint density at radius 3 is 2.62 bits per heavy atom. The summed E-state index contributed by atoms with van der Waals surface area (Å²) in [6.07, 6.45) is 3.31. The highest BCUT2D eigenvalue weighted by Crippen LogP contribution is 2.26. The van der Waals surface area contributed by atoms with Gasteiger partial charge in [0, 0.05) is 25.7 Å². The summed E-state index contributed by atoms with van der Waals surface area (Å²) < 4.78 is 0. The van der Waals surface area contributed by atoms with Gasteiger partial charge in [0.15, 0.2) is 0 Å². The van der Waals surface area contributed by atoms with Gasteiger partial charge in [-0.3, -0.25) is 4.79 Å². The van der Waals surface area contributed by atoms with Gasteiger partial charge in [-0.15, -0.1) is 0 Å². The lowest BCUT2D eigenvalue weighted by Crippen LogP contribution is -2.31. The van der Waals surface area contributed by atoms with Crippen molar-refractivity contribution in [2.24, 2.45) is 4.99 Å². The van der Waals surface area contributed by atoms with E-state index in [9.17, 15) is 4.79 Å². The fourth-order valence-electron chi connectivity index (χ4n) is 2.99. The highest BCUT2D eigenvalue weighted by atomic mass is 16.1. The van der Waals surface area contributed by atoms with Gasteiger partial charge in [-0.1, -0.05) is 30.3 Å². The maximum atomic E-state index is 12.8. The minimum atomic E-state index is -0.114. The Morgan fingerprint density at radius 1 is 1.08 bits per heavy atom. The van der Waals surface area contributed by atoms with Crippen molar-refractivity contribution in [1.29, 1.82) is 0 Å². The normalized spacial score (nSPS) is 16.2. The van der Waals surface area contributed by atoms with Gasteiger partial charge < -0.3 is 10.2 Å². The number of amides is 1. The van der Waals surface area contributed by atoms with Gasteiger partial charge in [0.05, 0.1) is 11.3 Å². The molecule has 0 spiro atoms. The summed E-state index contributed by atoms with van der Waals surface area (Å²) in [6, 6.07) is 15.3. The van der Waals surface area contributed by atoms with Crippen LogP contribution in [0.1, 0.15) is 35.2 Å². The number of carbonyl (C=O) groups excluding carboxylic acids is 1. The molecule has 0 unspecified atom stereocenters. The number of aliphatic imine (C=N–C) groups is 1. The van der Waals surface area contributed by atoms with Gasteiger partial charge in [-0.05, 0) is 43.5 Å². The first kappa shape index (κ1) is 16.2. The first-order valence-corrected chi connectivity index (χ1v) is 8.40. The Labute approximate surface area is 143 Å². The zero-order chi connectivity index (χ0) is 16.9. The number of hydrogen-bond acceptors (Lipinski definition) is 2. The van der Waals surface area contributed by atoms with Crippen LogP contribution >= 0.6 is 0 Å².